The summed E-state index contributed by atoms with van der Waals surface area (Å²) in [5, 5.41) is 12.9. The van der Waals surface area contributed by atoms with Gasteiger partial charge < -0.3 is 10.4 Å². The molecule has 3 heteroatoms. The number of likely N-dealkylation sites (N-methyl/N-ethyl adjacent to an activating group) is 1. The number of hydrogen-bond donors (Lipinski definition) is 2. The second-order valence-electron chi connectivity index (χ2n) is 8.59. The quantitative estimate of drug-likeness (QED) is 0.146. The Hall–Kier alpha value is -0.800. The van der Waals surface area contributed by atoms with E-state index in [4.69, 9.17) is 0 Å². The standard InChI is InChI=1S/C25H49N2O/c1-3-5-6-7-8-9-10-11-12-13-14-15-16-17-18-19-20-25-26-21-22-27(25,4-2)23-24-28/h8-9,21-22,25-26,28H,3-7,10-20,23-24H2,1-2H3/q+1/b9-8+. The van der Waals surface area contributed by atoms with Crippen molar-refractivity contribution in [2.45, 2.75) is 116 Å². The van der Waals surface area contributed by atoms with Crippen LogP contribution in [-0.2, 0) is 0 Å². The first-order chi connectivity index (χ1) is 13.8. The predicted molar refractivity (Wildman–Crippen MR) is 123 cm³/mol. The molecule has 28 heavy (non-hydrogen) atoms. The summed E-state index contributed by atoms with van der Waals surface area (Å²) in [5.41, 5.74) is 0. The Morgan fingerprint density at radius 1 is 0.821 bits per heavy atom. The first kappa shape index (κ1) is 25.2. The number of quaternary nitrogens is 1. The SMILES string of the molecule is CCCCC/C=C/CCCCCCCCCCCC1NC=C[N+]1(CC)CCO. The van der Waals surface area contributed by atoms with Crippen molar-refractivity contribution in [3.8, 4) is 0 Å². The first-order valence-corrected chi connectivity index (χ1v) is 12.3. The largest absolute Gasteiger partial charge is 0.390 e. The minimum atomic E-state index is 0.269. The van der Waals surface area contributed by atoms with Crippen LogP contribution in [0.2, 0.25) is 0 Å². The summed E-state index contributed by atoms with van der Waals surface area (Å²) in [4.78, 5) is 0. The van der Waals surface area contributed by atoms with Gasteiger partial charge in [0.25, 0.3) is 0 Å². The Bertz CT molecular complexity index is 407. The summed E-state index contributed by atoms with van der Waals surface area (Å²) in [6.07, 6.45) is 29.9. The molecular weight excluding hydrogens is 344 g/mol. The molecule has 1 heterocycles. The average Bonchev–Trinajstić information content (AvgIpc) is 3.11. The highest BCUT2D eigenvalue weighted by Crippen LogP contribution is 2.23. The molecule has 2 atom stereocenters. The van der Waals surface area contributed by atoms with Crippen molar-refractivity contribution in [3.63, 3.8) is 0 Å². The fourth-order valence-electron chi connectivity index (χ4n) is 4.38. The number of nitrogens with one attached hydrogen (secondary N) is 1. The van der Waals surface area contributed by atoms with Crippen LogP contribution in [0.3, 0.4) is 0 Å². The smallest absolute Gasteiger partial charge is 0.166 e. The summed E-state index contributed by atoms with van der Waals surface area (Å²) >= 11 is 0. The van der Waals surface area contributed by atoms with Crippen molar-refractivity contribution in [1.29, 1.82) is 0 Å². The molecular formula is C25H49N2O+. The molecule has 0 aliphatic carbocycles. The molecule has 2 N–H and O–H groups in total. The van der Waals surface area contributed by atoms with E-state index in [1.54, 1.807) is 0 Å². The lowest BCUT2D eigenvalue weighted by Gasteiger charge is -2.36. The van der Waals surface area contributed by atoms with E-state index in [9.17, 15) is 5.11 Å². The Balaban J connectivity index is 1.88. The van der Waals surface area contributed by atoms with E-state index in [1.165, 1.54) is 96.3 Å². The fraction of sp³-hybridized carbons (Fsp3) is 0.840. The lowest BCUT2D eigenvalue weighted by molar-refractivity contribution is -0.900. The van der Waals surface area contributed by atoms with Crippen LogP contribution < -0.4 is 5.32 Å². The molecule has 0 amide bonds. The van der Waals surface area contributed by atoms with Crippen LogP contribution in [0.15, 0.2) is 24.6 Å². The number of unbranched alkanes of at least 4 members (excludes halogenated alkanes) is 12. The molecule has 0 spiro atoms. The molecule has 0 aromatic rings. The van der Waals surface area contributed by atoms with Crippen molar-refractivity contribution >= 4 is 0 Å². The normalized spacial score (nSPS) is 21.6. The van der Waals surface area contributed by atoms with Gasteiger partial charge in [-0.1, -0.05) is 76.9 Å². The van der Waals surface area contributed by atoms with Gasteiger partial charge in [0, 0.05) is 6.42 Å². The maximum atomic E-state index is 9.37. The maximum Gasteiger partial charge on any atom is 0.166 e. The van der Waals surface area contributed by atoms with Gasteiger partial charge in [0.1, 0.15) is 12.7 Å². The highest BCUT2D eigenvalue weighted by molar-refractivity contribution is 4.84. The Morgan fingerprint density at radius 2 is 1.39 bits per heavy atom. The number of aliphatic hydroxyl groups is 1. The number of hydrogen-bond acceptors (Lipinski definition) is 2. The highest BCUT2D eigenvalue weighted by atomic mass is 16.3. The molecule has 0 saturated carbocycles. The Kier molecular flexibility index (Phi) is 15.4. The molecule has 1 aliphatic rings. The minimum Gasteiger partial charge on any atom is -0.390 e. The average molecular weight is 394 g/mol. The molecule has 0 radical (unpaired) electrons. The van der Waals surface area contributed by atoms with Gasteiger partial charge >= 0.3 is 0 Å². The topological polar surface area (TPSA) is 32.3 Å². The molecule has 3 nitrogen and oxygen atoms in total. The lowest BCUT2D eigenvalue weighted by atomic mass is 10.0. The predicted octanol–water partition coefficient (Wildman–Crippen LogP) is 6.64. The van der Waals surface area contributed by atoms with Gasteiger partial charge in [0.2, 0.25) is 0 Å². The second-order valence-corrected chi connectivity index (χ2v) is 8.59. The van der Waals surface area contributed by atoms with Gasteiger partial charge in [0.05, 0.1) is 19.4 Å². The second kappa shape index (κ2) is 17.1. The van der Waals surface area contributed by atoms with Gasteiger partial charge in [-0.15, -0.1) is 0 Å². The van der Waals surface area contributed by atoms with E-state index in [0.29, 0.717) is 6.17 Å². The van der Waals surface area contributed by atoms with Crippen LogP contribution in [0, 0.1) is 0 Å². The van der Waals surface area contributed by atoms with E-state index in [2.05, 4.69) is 43.7 Å². The third kappa shape index (κ3) is 10.7. The van der Waals surface area contributed by atoms with Gasteiger partial charge in [-0.2, -0.15) is 0 Å². The molecule has 0 saturated heterocycles. The van der Waals surface area contributed by atoms with Crippen LogP contribution in [-0.4, -0.2) is 35.5 Å². The van der Waals surface area contributed by atoms with Crippen LogP contribution in [0.25, 0.3) is 0 Å². The van der Waals surface area contributed by atoms with E-state index in [0.717, 1.165) is 17.6 Å². The van der Waals surface area contributed by atoms with E-state index in [1.807, 2.05) is 0 Å². The number of nitrogens with zero attached hydrogens (tertiary/aromatic N) is 1. The van der Waals surface area contributed by atoms with E-state index < -0.39 is 0 Å². The number of rotatable bonds is 19. The van der Waals surface area contributed by atoms with Gasteiger partial charge in [-0.3, -0.25) is 4.48 Å². The molecule has 0 fully saturated rings. The molecule has 2 unspecified atom stereocenters. The minimum absolute atomic E-state index is 0.269. The molecule has 1 rings (SSSR count). The van der Waals surface area contributed by atoms with Crippen molar-refractivity contribution in [3.05, 3.63) is 24.6 Å². The van der Waals surface area contributed by atoms with Crippen molar-refractivity contribution in [1.82, 2.24) is 5.32 Å². The van der Waals surface area contributed by atoms with Crippen LogP contribution in [0.1, 0.15) is 110 Å². The summed E-state index contributed by atoms with van der Waals surface area (Å²) in [6, 6.07) is 0. The van der Waals surface area contributed by atoms with E-state index in [-0.39, 0.29) is 6.61 Å². The summed E-state index contributed by atoms with van der Waals surface area (Å²) in [6.45, 7) is 6.66. The van der Waals surface area contributed by atoms with Crippen molar-refractivity contribution < 1.29 is 9.59 Å². The zero-order valence-corrected chi connectivity index (χ0v) is 19.0. The summed E-state index contributed by atoms with van der Waals surface area (Å²) in [7, 11) is 0. The third-order valence-corrected chi connectivity index (χ3v) is 6.38. The molecule has 1 aliphatic heterocycles. The first-order valence-electron chi connectivity index (χ1n) is 12.3. The third-order valence-electron chi connectivity index (χ3n) is 6.38. The summed E-state index contributed by atoms with van der Waals surface area (Å²) in [5.74, 6) is 0. The zero-order valence-electron chi connectivity index (χ0n) is 19.0. The zero-order chi connectivity index (χ0) is 20.3. The maximum absolute atomic E-state index is 9.37. The summed E-state index contributed by atoms with van der Waals surface area (Å²) < 4.78 is 0.907. The lowest BCUT2D eigenvalue weighted by Crippen LogP contribution is -2.54. The molecule has 0 aromatic carbocycles. The van der Waals surface area contributed by atoms with Crippen molar-refractivity contribution in [2.75, 3.05) is 19.7 Å². The van der Waals surface area contributed by atoms with E-state index >= 15 is 0 Å². The van der Waals surface area contributed by atoms with Crippen LogP contribution >= 0.6 is 0 Å². The molecule has 0 aromatic heterocycles. The van der Waals surface area contributed by atoms with Crippen LogP contribution in [0.4, 0.5) is 0 Å². The molecule has 0 bridgehead atoms. The number of allylic oxidation sites excluding steroid dienone is 2. The van der Waals surface area contributed by atoms with Crippen LogP contribution in [0.5, 0.6) is 0 Å². The Morgan fingerprint density at radius 3 is 1.96 bits per heavy atom. The molecule has 164 valence electrons. The Labute approximate surface area is 175 Å². The number of aliphatic hydroxyl groups excluding tert-OH is 1. The van der Waals surface area contributed by atoms with Gasteiger partial charge in [-0.05, 0) is 39.0 Å². The monoisotopic (exact) mass is 393 g/mol. The van der Waals surface area contributed by atoms with Crippen molar-refractivity contribution in [2.24, 2.45) is 0 Å². The van der Waals surface area contributed by atoms with Gasteiger partial charge in [-0.25, -0.2) is 0 Å². The van der Waals surface area contributed by atoms with Gasteiger partial charge in [0.15, 0.2) is 6.17 Å². The fourth-order valence-corrected chi connectivity index (χ4v) is 4.38. The highest BCUT2D eigenvalue weighted by Gasteiger charge is 2.35.